The van der Waals surface area contributed by atoms with E-state index in [0.29, 0.717) is 31.9 Å². The van der Waals surface area contributed by atoms with E-state index >= 15 is 0 Å². The predicted molar refractivity (Wildman–Crippen MR) is 62.4 cm³/mol. The summed E-state index contributed by atoms with van der Waals surface area (Å²) >= 11 is 0.681. The van der Waals surface area contributed by atoms with Crippen molar-refractivity contribution in [2.45, 2.75) is 51.1 Å². The molecule has 0 amide bonds. The SMILES string of the molecule is FC(F)(Br)C(F)(F)C(F)(F)C(F)(F)C(F)(F)C(F)(F)C(F)(F)C(F)(F)C(F)(F)Br. The molecule has 176 valence electrons. The molecule has 20 heteroatoms. The Hall–Kier alpha value is -0.300. The van der Waals surface area contributed by atoms with Gasteiger partial charge in [0, 0.05) is 0 Å². The molecule has 0 unspecified atom stereocenters. The van der Waals surface area contributed by atoms with Crippen LogP contribution in [0.2, 0.25) is 0 Å². The van der Waals surface area contributed by atoms with Crippen LogP contribution in [0.4, 0.5) is 79.0 Å². The van der Waals surface area contributed by atoms with E-state index in [-0.39, 0.29) is 0 Å². The number of hydrogen-bond donors (Lipinski definition) is 0. The minimum absolute atomic E-state index is 0.340. The van der Waals surface area contributed by atoms with Crippen LogP contribution < -0.4 is 0 Å². The fourth-order valence-electron chi connectivity index (χ4n) is 1.34. The van der Waals surface area contributed by atoms with Gasteiger partial charge in [-0.1, -0.05) is 0 Å². The Labute approximate surface area is 162 Å². The van der Waals surface area contributed by atoms with E-state index < -0.39 is 51.1 Å². The molecule has 0 rings (SSSR count). The molecule has 0 radical (unpaired) electrons. The molecule has 0 spiro atoms. The topological polar surface area (TPSA) is 0 Å². The van der Waals surface area contributed by atoms with Gasteiger partial charge in [0.25, 0.3) is 0 Å². The summed E-state index contributed by atoms with van der Waals surface area (Å²) in [5.74, 6) is -58.1. The van der Waals surface area contributed by atoms with Crippen LogP contribution in [0.1, 0.15) is 0 Å². The minimum atomic E-state index is -8.73. The van der Waals surface area contributed by atoms with Crippen molar-refractivity contribution in [1.82, 2.24) is 0 Å². The third kappa shape index (κ3) is 3.56. The Morgan fingerprint density at radius 1 is 0.241 bits per heavy atom. The second-order valence-electron chi connectivity index (χ2n) is 5.02. The molecule has 0 nitrogen and oxygen atoms in total. The van der Waals surface area contributed by atoms with E-state index in [1.807, 2.05) is 0 Å². The predicted octanol–water partition coefficient (Wildman–Crippen LogP) is 7.41. The molecule has 0 atom stereocenters. The van der Waals surface area contributed by atoms with Gasteiger partial charge in [0.2, 0.25) is 0 Å². The largest absolute Gasteiger partial charge is 0.388 e. The van der Waals surface area contributed by atoms with Crippen molar-refractivity contribution in [3.8, 4) is 0 Å². The molecule has 0 aromatic carbocycles. The fraction of sp³-hybridized carbons (Fsp3) is 1.00. The fourth-order valence-corrected chi connectivity index (χ4v) is 1.84. The molecule has 0 fully saturated rings. The Morgan fingerprint density at radius 2 is 0.345 bits per heavy atom. The molecule has 0 saturated heterocycles. The molecule has 0 bridgehead atoms. The third-order valence-electron chi connectivity index (χ3n) is 3.08. The lowest BCUT2D eigenvalue weighted by Gasteiger charge is -2.43. The highest BCUT2D eigenvalue weighted by molar-refractivity contribution is 9.10. The summed E-state index contributed by atoms with van der Waals surface area (Å²) in [6.45, 7) is 0. The van der Waals surface area contributed by atoms with Crippen LogP contribution in [0.15, 0.2) is 0 Å². The Morgan fingerprint density at radius 3 is 0.448 bits per heavy atom. The molecular formula is C9Br2F18. The lowest BCUT2D eigenvalue weighted by molar-refractivity contribution is -0.454. The highest BCUT2D eigenvalue weighted by atomic mass is 79.9. The smallest absolute Gasteiger partial charge is 0.192 e. The molecule has 29 heavy (non-hydrogen) atoms. The normalized spacial score (nSPS) is 17.0. The zero-order chi connectivity index (χ0) is 24.5. The maximum absolute atomic E-state index is 13.2. The summed E-state index contributed by atoms with van der Waals surface area (Å²) in [5.41, 5.74) is 0. The van der Waals surface area contributed by atoms with E-state index in [1.54, 1.807) is 0 Å². The maximum atomic E-state index is 13.2. The molecule has 0 saturated carbocycles. The van der Waals surface area contributed by atoms with Crippen molar-refractivity contribution in [1.29, 1.82) is 0 Å². The van der Waals surface area contributed by atoms with Crippen LogP contribution in [-0.2, 0) is 0 Å². The van der Waals surface area contributed by atoms with Crippen LogP contribution in [0.3, 0.4) is 0 Å². The molecule has 0 aromatic heterocycles. The highest BCUT2D eigenvalue weighted by Crippen LogP contribution is 2.65. The first kappa shape index (κ1) is 28.7. The highest BCUT2D eigenvalue weighted by Gasteiger charge is 2.96. The molecule has 0 aliphatic rings. The standard InChI is InChI=1S/C9Br2F18/c10-8(26,27)6(22,23)4(18,19)2(14,15)1(12,13)3(16,17)5(20,21)7(24,25)9(11,28)29. The summed E-state index contributed by atoms with van der Waals surface area (Å²) in [6, 6.07) is 0. The van der Waals surface area contributed by atoms with E-state index in [1.165, 1.54) is 0 Å². The van der Waals surface area contributed by atoms with Crippen LogP contribution in [0, 0.1) is 0 Å². The summed E-state index contributed by atoms with van der Waals surface area (Å²) in [5, 5.41) is 0. The van der Waals surface area contributed by atoms with Crippen molar-refractivity contribution in [2.75, 3.05) is 0 Å². The monoisotopic (exact) mass is 608 g/mol. The van der Waals surface area contributed by atoms with E-state index in [9.17, 15) is 79.0 Å². The first-order valence-corrected chi connectivity index (χ1v) is 7.37. The lowest BCUT2D eigenvalue weighted by atomic mass is 9.89. The second-order valence-corrected chi connectivity index (χ2v) is 7.01. The van der Waals surface area contributed by atoms with E-state index in [4.69, 9.17) is 0 Å². The molecular weight excluding hydrogens is 610 g/mol. The molecule has 0 aliphatic heterocycles. The molecule has 0 heterocycles. The average Bonchev–Trinajstić information content (AvgIpc) is 2.43. The van der Waals surface area contributed by atoms with Gasteiger partial charge in [-0.3, -0.25) is 0 Å². The van der Waals surface area contributed by atoms with Crippen LogP contribution in [-0.4, -0.2) is 51.1 Å². The number of alkyl halides is 20. The van der Waals surface area contributed by atoms with Gasteiger partial charge in [0.05, 0.1) is 0 Å². The third-order valence-corrected chi connectivity index (χ3v) is 4.07. The van der Waals surface area contributed by atoms with Crippen LogP contribution >= 0.6 is 31.9 Å². The van der Waals surface area contributed by atoms with Crippen molar-refractivity contribution in [3.05, 3.63) is 0 Å². The summed E-state index contributed by atoms with van der Waals surface area (Å²) in [7, 11) is 0. The summed E-state index contributed by atoms with van der Waals surface area (Å²) in [4.78, 5) is -13.1. The first-order chi connectivity index (χ1) is 12.0. The van der Waals surface area contributed by atoms with Gasteiger partial charge in [0.15, 0.2) is 0 Å². The quantitative estimate of drug-likeness (QED) is 0.199. The van der Waals surface area contributed by atoms with E-state index in [2.05, 4.69) is 0 Å². The Bertz CT molecular complexity index is 558. The van der Waals surface area contributed by atoms with Gasteiger partial charge in [-0.05, 0) is 31.9 Å². The first-order valence-electron chi connectivity index (χ1n) is 5.78. The molecule has 0 N–H and O–H groups in total. The second kappa shape index (κ2) is 6.85. The Balaban J connectivity index is 6.82. The van der Waals surface area contributed by atoms with Gasteiger partial charge in [-0.2, -0.15) is 79.0 Å². The maximum Gasteiger partial charge on any atom is 0.388 e. The number of rotatable bonds is 8. The van der Waals surface area contributed by atoms with Gasteiger partial charge >= 0.3 is 51.1 Å². The number of hydrogen-bond acceptors (Lipinski definition) is 0. The zero-order valence-electron chi connectivity index (χ0n) is 12.1. The zero-order valence-corrected chi connectivity index (χ0v) is 15.2. The van der Waals surface area contributed by atoms with Gasteiger partial charge in [-0.25, -0.2) is 0 Å². The molecule has 0 aromatic rings. The minimum Gasteiger partial charge on any atom is -0.192 e. The lowest BCUT2D eigenvalue weighted by Crippen LogP contribution is -2.75. The van der Waals surface area contributed by atoms with Crippen LogP contribution in [0.5, 0.6) is 0 Å². The summed E-state index contributed by atoms with van der Waals surface area (Å²) < 4.78 is 231. The van der Waals surface area contributed by atoms with E-state index in [0.717, 1.165) is 0 Å². The van der Waals surface area contributed by atoms with Crippen molar-refractivity contribution < 1.29 is 79.0 Å². The van der Waals surface area contributed by atoms with Crippen LogP contribution in [0.25, 0.3) is 0 Å². The molecule has 0 aliphatic carbocycles. The number of halogens is 20. The van der Waals surface area contributed by atoms with Gasteiger partial charge in [-0.15, -0.1) is 0 Å². The van der Waals surface area contributed by atoms with Gasteiger partial charge in [0.1, 0.15) is 0 Å². The van der Waals surface area contributed by atoms with Crippen molar-refractivity contribution >= 4 is 31.9 Å². The van der Waals surface area contributed by atoms with Gasteiger partial charge < -0.3 is 0 Å². The Kier molecular flexibility index (Phi) is 6.78. The average molecular weight is 610 g/mol. The summed E-state index contributed by atoms with van der Waals surface area (Å²) in [6.07, 6.45) is 0. The van der Waals surface area contributed by atoms with Crippen molar-refractivity contribution in [3.63, 3.8) is 0 Å². The van der Waals surface area contributed by atoms with Crippen molar-refractivity contribution in [2.24, 2.45) is 0 Å².